The Morgan fingerprint density at radius 2 is 2.05 bits per heavy atom. The topological polar surface area (TPSA) is 67.6 Å². The molecule has 0 heterocycles. The van der Waals surface area contributed by atoms with E-state index < -0.39 is 0 Å². The summed E-state index contributed by atoms with van der Waals surface area (Å²) in [4.78, 5) is 14.1. The molecule has 112 valence electrons. The van der Waals surface area contributed by atoms with Gasteiger partial charge in [0.2, 0.25) is 0 Å². The average Bonchev–Trinajstić information content (AvgIpc) is 2.43. The molecule has 1 aromatic rings. The lowest BCUT2D eigenvalue weighted by Crippen LogP contribution is -2.26. The van der Waals surface area contributed by atoms with E-state index in [1.165, 1.54) is 0 Å². The molecule has 0 bridgehead atoms. The highest BCUT2D eigenvalue weighted by Crippen LogP contribution is 2.17. The molecular weight excluding hydrogens is 254 g/mol. The molecule has 5 heteroatoms. The fraction of sp³-hybridized carbons (Fsp3) is 0.533. The second-order valence-electron chi connectivity index (χ2n) is 4.90. The third-order valence-corrected chi connectivity index (χ3v) is 2.84. The largest absolute Gasteiger partial charge is 0.491 e. The Hall–Kier alpha value is -1.59. The number of carbonyl (C=O) groups excluding carboxylic acids is 1. The van der Waals surface area contributed by atoms with E-state index in [1.54, 1.807) is 6.07 Å². The molecule has 1 rings (SSSR count). The van der Waals surface area contributed by atoms with Crippen LogP contribution < -0.4 is 15.8 Å². The van der Waals surface area contributed by atoms with Crippen LogP contribution in [0.5, 0.6) is 5.75 Å². The Kier molecular flexibility index (Phi) is 7.69. The van der Waals surface area contributed by atoms with Crippen LogP contribution in [0.15, 0.2) is 24.3 Å². The van der Waals surface area contributed by atoms with Gasteiger partial charge in [-0.2, -0.15) is 0 Å². The Labute approximate surface area is 121 Å². The molecule has 0 aliphatic carbocycles. The van der Waals surface area contributed by atoms with Gasteiger partial charge in [0.05, 0.1) is 5.56 Å². The van der Waals surface area contributed by atoms with Crippen LogP contribution >= 0.6 is 0 Å². The molecule has 0 aliphatic heterocycles. The lowest BCUT2D eigenvalue weighted by atomic mass is 10.2. The molecule has 0 aromatic heterocycles. The van der Waals surface area contributed by atoms with Crippen molar-refractivity contribution in [3.63, 3.8) is 0 Å². The Morgan fingerprint density at radius 1 is 1.30 bits per heavy atom. The molecule has 0 saturated carbocycles. The average molecular weight is 279 g/mol. The number of nitrogens with one attached hydrogen (secondary N) is 1. The number of hydrogen-bond acceptors (Lipinski definition) is 4. The van der Waals surface area contributed by atoms with Gasteiger partial charge in [0.15, 0.2) is 0 Å². The summed E-state index contributed by atoms with van der Waals surface area (Å²) in [6.07, 6.45) is 1.81. The smallest absolute Gasteiger partial charge is 0.255 e. The maximum absolute atomic E-state index is 12.1. The highest BCUT2D eigenvalue weighted by molar-refractivity contribution is 5.96. The lowest BCUT2D eigenvalue weighted by molar-refractivity contribution is 0.0948. The number of nitrogens with two attached hydrogens (primary N) is 1. The van der Waals surface area contributed by atoms with Crippen molar-refractivity contribution in [3.8, 4) is 5.75 Å². The molecule has 5 nitrogen and oxygen atoms in total. The van der Waals surface area contributed by atoms with E-state index in [0.717, 1.165) is 19.4 Å². The molecule has 0 unspecified atom stereocenters. The van der Waals surface area contributed by atoms with Gasteiger partial charge in [0, 0.05) is 13.1 Å². The van der Waals surface area contributed by atoms with Gasteiger partial charge < -0.3 is 20.7 Å². The highest BCUT2D eigenvalue weighted by atomic mass is 16.5. The van der Waals surface area contributed by atoms with E-state index in [0.29, 0.717) is 31.0 Å². The van der Waals surface area contributed by atoms with Gasteiger partial charge in [-0.15, -0.1) is 0 Å². The number of benzene rings is 1. The summed E-state index contributed by atoms with van der Waals surface area (Å²) in [5.41, 5.74) is 6.01. The minimum atomic E-state index is -0.0949. The van der Waals surface area contributed by atoms with Gasteiger partial charge in [-0.3, -0.25) is 4.79 Å². The first-order valence-electron chi connectivity index (χ1n) is 7.00. The Bertz CT molecular complexity index is 408. The maximum atomic E-state index is 12.1. The summed E-state index contributed by atoms with van der Waals surface area (Å²) < 4.78 is 5.67. The summed E-state index contributed by atoms with van der Waals surface area (Å²) in [6, 6.07) is 7.32. The molecular formula is C15H25N3O2. The normalized spacial score (nSPS) is 10.6. The summed E-state index contributed by atoms with van der Waals surface area (Å²) >= 11 is 0. The molecule has 0 atom stereocenters. The van der Waals surface area contributed by atoms with Crippen molar-refractivity contribution in [1.29, 1.82) is 0 Å². The van der Waals surface area contributed by atoms with Crippen LogP contribution in [-0.4, -0.2) is 51.1 Å². The van der Waals surface area contributed by atoms with E-state index in [1.807, 2.05) is 37.2 Å². The van der Waals surface area contributed by atoms with E-state index >= 15 is 0 Å². The predicted molar refractivity (Wildman–Crippen MR) is 81.1 cm³/mol. The van der Waals surface area contributed by atoms with Gasteiger partial charge in [-0.25, -0.2) is 0 Å². The van der Waals surface area contributed by atoms with Crippen molar-refractivity contribution >= 4 is 5.91 Å². The number of nitrogens with zero attached hydrogens (tertiary/aromatic N) is 1. The van der Waals surface area contributed by atoms with Crippen molar-refractivity contribution in [3.05, 3.63) is 29.8 Å². The third kappa shape index (κ3) is 6.04. The van der Waals surface area contributed by atoms with Crippen LogP contribution in [0.1, 0.15) is 23.2 Å². The van der Waals surface area contributed by atoms with Crippen LogP contribution in [0, 0.1) is 0 Å². The zero-order chi connectivity index (χ0) is 14.8. The van der Waals surface area contributed by atoms with Gasteiger partial charge >= 0.3 is 0 Å². The van der Waals surface area contributed by atoms with Crippen molar-refractivity contribution in [2.75, 3.05) is 40.3 Å². The summed E-state index contributed by atoms with van der Waals surface area (Å²) in [6.45, 7) is 2.67. The number of ether oxygens (including phenoxy) is 1. The quantitative estimate of drug-likeness (QED) is 0.664. The molecule has 1 aromatic carbocycles. The number of para-hydroxylation sites is 1. The third-order valence-electron chi connectivity index (χ3n) is 2.84. The first-order chi connectivity index (χ1) is 9.65. The van der Waals surface area contributed by atoms with Crippen LogP contribution in [0.3, 0.4) is 0 Å². The van der Waals surface area contributed by atoms with E-state index in [4.69, 9.17) is 10.5 Å². The first-order valence-corrected chi connectivity index (χ1v) is 7.00. The zero-order valence-electron chi connectivity index (χ0n) is 12.4. The Balaban J connectivity index is 2.53. The molecule has 1 amide bonds. The van der Waals surface area contributed by atoms with Gasteiger partial charge in [0.25, 0.3) is 5.91 Å². The van der Waals surface area contributed by atoms with Gasteiger partial charge in [-0.1, -0.05) is 12.1 Å². The number of carbonyl (C=O) groups is 1. The van der Waals surface area contributed by atoms with Crippen molar-refractivity contribution in [2.24, 2.45) is 5.73 Å². The number of rotatable bonds is 9. The monoisotopic (exact) mass is 279 g/mol. The maximum Gasteiger partial charge on any atom is 0.255 e. The van der Waals surface area contributed by atoms with Crippen LogP contribution in [-0.2, 0) is 0 Å². The van der Waals surface area contributed by atoms with Crippen LogP contribution in [0.2, 0.25) is 0 Å². The summed E-state index contributed by atoms with van der Waals surface area (Å²) in [5.74, 6) is 0.535. The molecule has 20 heavy (non-hydrogen) atoms. The molecule has 0 saturated heterocycles. The van der Waals surface area contributed by atoms with Gasteiger partial charge in [0.1, 0.15) is 12.4 Å². The number of likely N-dealkylation sites (N-methyl/N-ethyl adjacent to an activating group) is 1. The van der Waals surface area contributed by atoms with Gasteiger partial charge in [-0.05, 0) is 45.6 Å². The summed E-state index contributed by atoms with van der Waals surface area (Å²) in [7, 11) is 3.97. The molecule has 0 aliphatic rings. The van der Waals surface area contributed by atoms with Crippen molar-refractivity contribution in [2.45, 2.75) is 12.8 Å². The molecule has 0 spiro atoms. The molecule has 3 N–H and O–H groups in total. The second kappa shape index (κ2) is 9.34. The minimum absolute atomic E-state index is 0.0949. The van der Waals surface area contributed by atoms with Crippen molar-refractivity contribution < 1.29 is 9.53 Å². The number of amides is 1. The predicted octanol–water partition coefficient (Wildman–Crippen LogP) is 1.10. The minimum Gasteiger partial charge on any atom is -0.491 e. The standard InChI is InChI=1S/C15H25N3O2/c1-18(2)11-12-20-14-8-4-3-7-13(14)15(19)17-10-6-5-9-16/h3-4,7-8H,5-6,9-12,16H2,1-2H3,(H,17,19). The van der Waals surface area contributed by atoms with Crippen molar-refractivity contribution in [1.82, 2.24) is 10.2 Å². The SMILES string of the molecule is CN(C)CCOc1ccccc1C(=O)NCCCCN. The number of hydrogen-bond donors (Lipinski definition) is 2. The van der Waals surface area contributed by atoms with E-state index in [9.17, 15) is 4.79 Å². The second-order valence-corrected chi connectivity index (χ2v) is 4.90. The molecule has 0 fully saturated rings. The van der Waals surface area contributed by atoms with E-state index in [-0.39, 0.29) is 5.91 Å². The van der Waals surface area contributed by atoms with Crippen LogP contribution in [0.4, 0.5) is 0 Å². The fourth-order valence-electron chi connectivity index (χ4n) is 1.68. The number of unbranched alkanes of at least 4 members (excludes halogenated alkanes) is 1. The zero-order valence-corrected chi connectivity index (χ0v) is 12.4. The fourth-order valence-corrected chi connectivity index (χ4v) is 1.68. The lowest BCUT2D eigenvalue weighted by Gasteiger charge is -2.14. The Morgan fingerprint density at radius 3 is 2.75 bits per heavy atom. The summed E-state index contributed by atoms with van der Waals surface area (Å²) in [5, 5.41) is 2.89. The highest BCUT2D eigenvalue weighted by Gasteiger charge is 2.11. The van der Waals surface area contributed by atoms with E-state index in [2.05, 4.69) is 5.32 Å². The van der Waals surface area contributed by atoms with Crippen LogP contribution in [0.25, 0.3) is 0 Å². The first kappa shape index (κ1) is 16.5. The molecule has 0 radical (unpaired) electrons.